The Kier molecular flexibility index (Phi) is 4.88. The molecule has 0 aliphatic heterocycles. The van der Waals surface area contributed by atoms with Crippen molar-refractivity contribution in [1.29, 1.82) is 0 Å². The average Bonchev–Trinajstić information content (AvgIpc) is 2.62. The quantitative estimate of drug-likeness (QED) is 0.829. The lowest BCUT2D eigenvalue weighted by molar-refractivity contribution is 0.521. The minimum atomic E-state index is -3.38. The van der Waals surface area contributed by atoms with E-state index in [4.69, 9.17) is 0 Å². The predicted molar refractivity (Wildman–Crippen MR) is 98.0 cm³/mol. The van der Waals surface area contributed by atoms with Crippen LogP contribution in [0.25, 0.3) is 16.7 Å². The highest BCUT2D eigenvalue weighted by Gasteiger charge is 2.16. The lowest BCUT2D eigenvalue weighted by Crippen LogP contribution is -2.22. The molecule has 1 radical (unpaired) electrons. The molecular formula is C20H22NO2S. The summed E-state index contributed by atoms with van der Waals surface area (Å²) >= 11 is 0. The van der Waals surface area contributed by atoms with Gasteiger partial charge in [0.25, 0.3) is 0 Å². The van der Waals surface area contributed by atoms with Crippen molar-refractivity contribution in [3.63, 3.8) is 0 Å². The highest BCUT2D eigenvalue weighted by molar-refractivity contribution is 7.89. The first-order chi connectivity index (χ1) is 11.5. The molecule has 1 aliphatic carbocycles. The molecule has 2 aromatic carbocycles. The third-order valence-corrected chi connectivity index (χ3v) is 6.23. The standard InChI is InChI=1S/C20H22NO2S/c1-21(2)24(22,23)20-13-11-17(12-14-20)19-10-6-9-18(15-19)16-7-4-3-5-8-16/h6-7,10-15H,3-5,8H2,1-2H3. The molecule has 0 saturated carbocycles. The van der Waals surface area contributed by atoms with Crippen LogP contribution in [-0.2, 0) is 10.0 Å². The lowest BCUT2D eigenvalue weighted by atomic mass is 9.92. The van der Waals surface area contributed by atoms with Gasteiger partial charge in [0.2, 0.25) is 10.0 Å². The molecular weight excluding hydrogens is 318 g/mol. The van der Waals surface area contributed by atoms with Crippen LogP contribution in [0.2, 0.25) is 0 Å². The summed E-state index contributed by atoms with van der Waals surface area (Å²) in [6.45, 7) is 0. The SMILES string of the molecule is CN(C)S(=O)(=O)c1ccc(-c2cc[c]c(C3=CCCCC3)c2)cc1. The Balaban J connectivity index is 1.91. The first-order valence-electron chi connectivity index (χ1n) is 8.22. The van der Waals surface area contributed by atoms with Gasteiger partial charge in [0.1, 0.15) is 0 Å². The Bertz CT molecular complexity index is 849. The van der Waals surface area contributed by atoms with Crippen molar-refractivity contribution in [2.45, 2.75) is 30.6 Å². The van der Waals surface area contributed by atoms with E-state index in [-0.39, 0.29) is 0 Å². The molecule has 3 rings (SSSR count). The Morgan fingerprint density at radius 3 is 2.38 bits per heavy atom. The van der Waals surface area contributed by atoms with Crippen LogP contribution in [0, 0.1) is 6.07 Å². The molecule has 4 heteroatoms. The number of hydrogen-bond donors (Lipinski definition) is 0. The third-order valence-electron chi connectivity index (χ3n) is 4.40. The van der Waals surface area contributed by atoms with Crippen molar-refractivity contribution < 1.29 is 8.42 Å². The van der Waals surface area contributed by atoms with Gasteiger partial charge in [-0.2, -0.15) is 0 Å². The van der Waals surface area contributed by atoms with Gasteiger partial charge in [-0.3, -0.25) is 0 Å². The normalized spacial score (nSPS) is 15.4. The summed E-state index contributed by atoms with van der Waals surface area (Å²) < 4.78 is 25.5. The molecule has 0 unspecified atom stereocenters. The number of allylic oxidation sites excluding steroid dienone is 2. The molecule has 2 aromatic rings. The van der Waals surface area contributed by atoms with E-state index in [0.29, 0.717) is 4.90 Å². The van der Waals surface area contributed by atoms with Crippen LogP contribution >= 0.6 is 0 Å². The number of benzene rings is 2. The molecule has 1 aliphatic rings. The Hall–Kier alpha value is -1.91. The maximum atomic E-state index is 12.2. The van der Waals surface area contributed by atoms with Crippen molar-refractivity contribution in [3.8, 4) is 11.1 Å². The smallest absolute Gasteiger partial charge is 0.207 e. The van der Waals surface area contributed by atoms with E-state index in [1.54, 1.807) is 26.2 Å². The minimum Gasteiger partial charge on any atom is -0.207 e. The fraction of sp³-hybridized carbons (Fsp3) is 0.300. The first-order valence-corrected chi connectivity index (χ1v) is 9.66. The lowest BCUT2D eigenvalue weighted by Gasteiger charge is -2.14. The summed E-state index contributed by atoms with van der Waals surface area (Å²) in [4.78, 5) is 0.314. The largest absolute Gasteiger partial charge is 0.242 e. The highest BCUT2D eigenvalue weighted by Crippen LogP contribution is 2.30. The zero-order valence-electron chi connectivity index (χ0n) is 14.1. The van der Waals surface area contributed by atoms with Crippen LogP contribution in [0.15, 0.2) is 53.4 Å². The molecule has 0 N–H and O–H groups in total. The van der Waals surface area contributed by atoms with Gasteiger partial charge in [-0.1, -0.05) is 30.3 Å². The van der Waals surface area contributed by atoms with Gasteiger partial charge in [0.05, 0.1) is 4.90 Å². The van der Waals surface area contributed by atoms with E-state index in [1.807, 2.05) is 24.3 Å². The zero-order valence-corrected chi connectivity index (χ0v) is 14.9. The fourth-order valence-corrected chi connectivity index (χ4v) is 3.85. The van der Waals surface area contributed by atoms with Gasteiger partial charge >= 0.3 is 0 Å². The average molecular weight is 340 g/mol. The van der Waals surface area contributed by atoms with E-state index in [1.165, 1.54) is 22.7 Å². The summed E-state index contributed by atoms with van der Waals surface area (Å²) in [6, 6.07) is 16.5. The Labute approximate surface area is 144 Å². The second-order valence-electron chi connectivity index (χ2n) is 6.28. The molecule has 24 heavy (non-hydrogen) atoms. The molecule has 0 bridgehead atoms. The summed E-state index contributed by atoms with van der Waals surface area (Å²) in [6.07, 6.45) is 7.07. The third kappa shape index (κ3) is 3.45. The molecule has 125 valence electrons. The summed E-state index contributed by atoms with van der Waals surface area (Å²) in [7, 11) is -0.299. The van der Waals surface area contributed by atoms with Gasteiger partial charge < -0.3 is 0 Å². The molecule has 0 saturated heterocycles. The zero-order chi connectivity index (χ0) is 17.2. The molecule has 0 fully saturated rings. The maximum Gasteiger partial charge on any atom is 0.242 e. The summed E-state index contributed by atoms with van der Waals surface area (Å²) in [5, 5.41) is 0. The van der Waals surface area contributed by atoms with Crippen molar-refractivity contribution >= 4 is 15.6 Å². The second kappa shape index (κ2) is 6.91. The number of sulfonamides is 1. The van der Waals surface area contributed by atoms with Gasteiger partial charge in [-0.25, -0.2) is 12.7 Å². The van der Waals surface area contributed by atoms with Crippen LogP contribution in [-0.4, -0.2) is 26.8 Å². The summed E-state index contributed by atoms with van der Waals surface area (Å²) in [5.41, 5.74) is 4.62. The molecule has 0 aromatic heterocycles. The van der Waals surface area contributed by atoms with E-state index in [0.717, 1.165) is 29.5 Å². The Morgan fingerprint density at radius 2 is 1.75 bits per heavy atom. The second-order valence-corrected chi connectivity index (χ2v) is 8.43. The maximum absolute atomic E-state index is 12.2. The van der Waals surface area contributed by atoms with Crippen LogP contribution in [0.5, 0.6) is 0 Å². The van der Waals surface area contributed by atoms with Crippen molar-refractivity contribution in [2.75, 3.05) is 14.1 Å². The molecule has 0 heterocycles. The number of nitrogens with zero attached hydrogens (tertiary/aromatic N) is 1. The van der Waals surface area contributed by atoms with Crippen molar-refractivity contribution in [2.24, 2.45) is 0 Å². The fourth-order valence-electron chi connectivity index (χ4n) is 2.94. The first kappa shape index (κ1) is 16.9. The van der Waals surface area contributed by atoms with Crippen molar-refractivity contribution in [1.82, 2.24) is 4.31 Å². The predicted octanol–water partition coefficient (Wildman–Crippen LogP) is 4.36. The van der Waals surface area contributed by atoms with Crippen LogP contribution in [0.3, 0.4) is 0 Å². The molecule has 0 atom stereocenters. The number of rotatable bonds is 4. The molecule has 0 spiro atoms. The van der Waals surface area contributed by atoms with Crippen LogP contribution < -0.4 is 0 Å². The van der Waals surface area contributed by atoms with E-state index >= 15 is 0 Å². The number of hydrogen-bond acceptors (Lipinski definition) is 2. The topological polar surface area (TPSA) is 37.4 Å². The Morgan fingerprint density at radius 1 is 1.00 bits per heavy atom. The van der Waals surface area contributed by atoms with Gasteiger partial charge in [-0.15, -0.1) is 0 Å². The highest BCUT2D eigenvalue weighted by atomic mass is 32.2. The molecule has 3 nitrogen and oxygen atoms in total. The van der Waals surface area contributed by atoms with Gasteiger partial charge in [-0.05, 0) is 72.2 Å². The van der Waals surface area contributed by atoms with Crippen LogP contribution in [0.4, 0.5) is 0 Å². The molecule has 0 amide bonds. The van der Waals surface area contributed by atoms with E-state index in [2.05, 4.69) is 18.2 Å². The minimum absolute atomic E-state index is 0.314. The van der Waals surface area contributed by atoms with Gasteiger partial charge in [0, 0.05) is 14.1 Å². The van der Waals surface area contributed by atoms with E-state index in [9.17, 15) is 8.42 Å². The monoisotopic (exact) mass is 340 g/mol. The van der Waals surface area contributed by atoms with Crippen molar-refractivity contribution in [3.05, 3.63) is 60.2 Å². The summed E-state index contributed by atoms with van der Waals surface area (Å²) in [5.74, 6) is 0. The van der Waals surface area contributed by atoms with E-state index < -0.39 is 10.0 Å². The van der Waals surface area contributed by atoms with Gasteiger partial charge in [0.15, 0.2) is 0 Å². The van der Waals surface area contributed by atoms with Crippen LogP contribution in [0.1, 0.15) is 31.2 Å².